The highest BCUT2D eigenvalue weighted by Crippen LogP contribution is 2.26. The van der Waals surface area contributed by atoms with E-state index >= 15 is 0 Å². The molecule has 1 saturated carbocycles. The monoisotopic (exact) mass is 246 g/mol. The number of aromatic hydroxyl groups is 1. The van der Waals surface area contributed by atoms with Crippen molar-refractivity contribution in [3.05, 3.63) is 29.8 Å². The maximum absolute atomic E-state index is 11.3. The van der Waals surface area contributed by atoms with E-state index in [2.05, 4.69) is 0 Å². The Hall–Kier alpha value is -1.31. The van der Waals surface area contributed by atoms with Gasteiger partial charge in [0.2, 0.25) is 0 Å². The van der Waals surface area contributed by atoms with E-state index in [4.69, 9.17) is 0 Å². The van der Waals surface area contributed by atoms with E-state index in [1.54, 1.807) is 6.07 Å². The highest BCUT2D eigenvalue weighted by atomic mass is 16.3. The molecule has 0 spiro atoms. The van der Waals surface area contributed by atoms with E-state index < -0.39 is 0 Å². The van der Waals surface area contributed by atoms with Gasteiger partial charge in [0, 0.05) is 12.8 Å². The van der Waals surface area contributed by atoms with Gasteiger partial charge in [-0.05, 0) is 43.2 Å². The third-order valence-corrected chi connectivity index (χ3v) is 3.95. The topological polar surface area (TPSA) is 37.3 Å². The predicted molar refractivity (Wildman–Crippen MR) is 72.6 cm³/mol. The lowest BCUT2D eigenvalue weighted by Crippen LogP contribution is -2.09. The Bertz CT molecular complexity index is 386. The van der Waals surface area contributed by atoms with Gasteiger partial charge < -0.3 is 5.11 Å². The minimum absolute atomic E-state index is 0.415. The number of phenols is 1. The van der Waals surface area contributed by atoms with Crippen LogP contribution in [-0.2, 0) is 11.2 Å². The molecule has 0 aromatic heterocycles. The van der Waals surface area contributed by atoms with E-state index in [0.717, 1.165) is 50.0 Å². The molecule has 0 atom stereocenters. The molecule has 1 aromatic rings. The molecular formula is C16H22O2. The molecule has 0 amide bonds. The Balaban J connectivity index is 1.82. The number of Topliss-reactive ketones (excluding diaryl/α,β-unsaturated/α-hetero) is 1. The molecule has 98 valence electrons. The van der Waals surface area contributed by atoms with Crippen LogP contribution in [0, 0.1) is 5.92 Å². The lowest BCUT2D eigenvalue weighted by Gasteiger charge is -2.19. The molecule has 2 rings (SSSR count). The molecular weight excluding hydrogens is 224 g/mol. The molecule has 18 heavy (non-hydrogen) atoms. The minimum atomic E-state index is 0.415. The van der Waals surface area contributed by atoms with Crippen LogP contribution in [0.15, 0.2) is 24.3 Å². The fourth-order valence-electron chi connectivity index (χ4n) is 2.82. The molecule has 1 fully saturated rings. The molecule has 0 aliphatic heterocycles. The molecule has 1 aliphatic carbocycles. The number of carbonyl (C=O) groups is 1. The van der Waals surface area contributed by atoms with E-state index in [0.29, 0.717) is 11.5 Å². The summed E-state index contributed by atoms with van der Waals surface area (Å²) < 4.78 is 0. The predicted octanol–water partition coefficient (Wildman–Crippen LogP) is 3.86. The second-order valence-electron chi connectivity index (χ2n) is 5.36. The summed E-state index contributed by atoms with van der Waals surface area (Å²) in [7, 11) is 0. The number of benzene rings is 1. The Morgan fingerprint density at radius 2 is 1.78 bits per heavy atom. The fourth-order valence-corrected chi connectivity index (χ4v) is 2.82. The molecule has 2 nitrogen and oxygen atoms in total. The van der Waals surface area contributed by atoms with Gasteiger partial charge in [0.25, 0.3) is 0 Å². The summed E-state index contributed by atoms with van der Waals surface area (Å²) in [5.74, 6) is 1.57. The van der Waals surface area contributed by atoms with Crippen LogP contribution in [0.4, 0.5) is 0 Å². The third kappa shape index (κ3) is 3.86. The average molecular weight is 246 g/mol. The van der Waals surface area contributed by atoms with Crippen molar-refractivity contribution in [2.24, 2.45) is 5.92 Å². The number of phenolic OH excluding ortho intramolecular Hbond substituents is 1. The number of ketones is 1. The largest absolute Gasteiger partial charge is 0.508 e. The number of rotatable bonds is 3. The maximum Gasteiger partial charge on any atom is 0.132 e. The molecule has 0 saturated heterocycles. The van der Waals surface area contributed by atoms with Crippen molar-refractivity contribution in [2.75, 3.05) is 0 Å². The molecule has 2 heteroatoms. The minimum Gasteiger partial charge on any atom is -0.508 e. The normalized spacial score (nSPS) is 18.3. The Morgan fingerprint density at radius 3 is 2.44 bits per heavy atom. The van der Waals surface area contributed by atoms with Crippen molar-refractivity contribution in [1.29, 1.82) is 0 Å². The zero-order valence-electron chi connectivity index (χ0n) is 10.9. The first-order chi connectivity index (χ1) is 8.75. The summed E-state index contributed by atoms with van der Waals surface area (Å²) in [5, 5.41) is 9.73. The lowest BCUT2D eigenvalue weighted by atomic mass is 9.86. The number of carbonyl (C=O) groups excluding carboxylic acids is 1. The van der Waals surface area contributed by atoms with Gasteiger partial charge in [-0.1, -0.05) is 31.0 Å². The maximum atomic E-state index is 11.3. The van der Waals surface area contributed by atoms with Crippen LogP contribution in [0.25, 0.3) is 0 Å². The van der Waals surface area contributed by atoms with Crippen molar-refractivity contribution in [3.8, 4) is 5.75 Å². The Morgan fingerprint density at radius 1 is 1.11 bits per heavy atom. The number of hydrogen-bond acceptors (Lipinski definition) is 2. The van der Waals surface area contributed by atoms with E-state index in [-0.39, 0.29) is 0 Å². The fraction of sp³-hybridized carbons (Fsp3) is 0.562. The second-order valence-corrected chi connectivity index (χ2v) is 5.36. The first-order valence-corrected chi connectivity index (χ1v) is 7.04. The van der Waals surface area contributed by atoms with Crippen molar-refractivity contribution in [3.63, 3.8) is 0 Å². The Labute approximate surface area is 109 Å². The van der Waals surface area contributed by atoms with Crippen molar-refractivity contribution in [2.45, 2.75) is 51.4 Å². The van der Waals surface area contributed by atoms with Gasteiger partial charge in [0.15, 0.2) is 0 Å². The first-order valence-electron chi connectivity index (χ1n) is 7.04. The molecule has 1 N–H and O–H groups in total. The highest BCUT2D eigenvalue weighted by molar-refractivity contribution is 5.78. The summed E-state index contributed by atoms with van der Waals surface area (Å²) >= 11 is 0. The number of para-hydroxylation sites is 1. The average Bonchev–Trinajstić information content (AvgIpc) is 2.34. The summed E-state index contributed by atoms with van der Waals surface area (Å²) in [4.78, 5) is 11.3. The second kappa shape index (κ2) is 6.58. The van der Waals surface area contributed by atoms with Gasteiger partial charge >= 0.3 is 0 Å². The summed E-state index contributed by atoms with van der Waals surface area (Å²) in [5.41, 5.74) is 1.05. The Kier molecular flexibility index (Phi) is 4.80. The summed E-state index contributed by atoms with van der Waals surface area (Å²) in [6.07, 6.45) is 8.05. The number of hydrogen-bond donors (Lipinski definition) is 1. The molecule has 1 aromatic carbocycles. The number of aryl methyl sites for hydroxylation is 1. The molecule has 0 unspecified atom stereocenters. The standard InChI is InChI=1S/C16H22O2/c17-15-8-3-5-13(6-4-9-15)11-12-14-7-1-2-10-16(14)18/h1-2,7,10,13,18H,3-6,8-9,11-12H2. The van der Waals surface area contributed by atoms with Crippen LogP contribution in [-0.4, -0.2) is 10.9 Å². The molecule has 1 aliphatic rings. The zero-order chi connectivity index (χ0) is 12.8. The van der Waals surface area contributed by atoms with Crippen LogP contribution in [0.1, 0.15) is 50.5 Å². The smallest absolute Gasteiger partial charge is 0.132 e. The van der Waals surface area contributed by atoms with Gasteiger partial charge in [0.05, 0.1) is 0 Å². The van der Waals surface area contributed by atoms with E-state index in [1.165, 1.54) is 12.8 Å². The highest BCUT2D eigenvalue weighted by Gasteiger charge is 2.15. The zero-order valence-corrected chi connectivity index (χ0v) is 10.9. The molecule has 0 bridgehead atoms. The molecule has 0 heterocycles. The quantitative estimate of drug-likeness (QED) is 0.879. The van der Waals surface area contributed by atoms with E-state index in [9.17, 15) is 9.90 Å². The van der Waals surface area contributed by atoms with Crippen LogP contribution in [0.2, 0.25) is 0 Å². The van der Waals surface area contributed by atoms with Gasteiger partial charge in [-0.25, -0.2) is 0 Å². The lowest BCUT2D eigenvalue weighted by molar-refractivity contribution is -0.119. The van der Waals surface area contributed by atoms with Crippen LogP contribution >= 0.6 is 0 Å². The SMILES string of the molecule is O=C1CCCC(CCc2ccccc2O)CCC1. The van der Waals surface area contributed by atoms with Gasteiger partial charge in [-0.15, -0.1) is 0 Å². The third-order valence-electron chi connectivity index (χ3n) is 3.95. The van der Waals surface area contributed by atoms with Crippen molar-refractivity contribution >= 4 is 5.78 Å². The van der Waals surface area contributed by atoms with Gasteiger partial charge in [-0.3, -0.25) is 4.79 Å². The van der Waals surface area contributed by atoms with Crippen LogP contribution in [0.3, 0.4) is 0 Å². The van der Waals surface area contributed by atoms with Gasteiger partial charge in [0.1, 0.15) is 11.5 Å². The van der Waals surface area contributed by atoms with Crippen molar-refractivity contribution < 1.29 is 9.90 Å². The summed E-state index contributed by atoms with van der Waals surface area (Å²) in [6.45, 7) is 0. The van der Waals surface area contributed by atoms with Crippen LogP contribution in [0.5, 0.6) is 5.75 Å². The van der Waals surface area contributed by atoms with Crippen molar-refractivity contribution in [1.82, 2.24) is 0 Å². The molecule has 0 radical (unpaired) electrons. The summed E-state index contributed by atoms with van der Waals surface area (Å²) in [6, 6.07) is 7.60. The van der Waals surface area contributed by atoms with Gasteiger partial charge in [-0.2, -0.15) is 0 Å². The first kappa shape index (κ1) is 13.1. The van der Waals surface area contributed by atoms with E-state index in [1.807, 2.05) is 18.2 Å². The van der Waals surface area contributed by atoms with Crippen LogP contribution < -0.4 is 0 Å².